The molecule has 1 nitrogen and oxygen atoms in total. The molecule has 0 spiro atoms. The van der Waals surface area contributed by atoms with Crippen molar-refractivity contribution in [3.8, 4) is 0 Å². The number of benzene rings is 1. The maximum Gasteiger partial charge on any atom is 0.208 e. The highest BCUT2D eigenvalue weighted by molar-refractivity contribution is 6.33. The van der Waals surface area contributed by atoms with Gasteiger partial charge in [-0.3, -0.25) is 0 Å². The highest BCUT2D eigenvalue weighted by Crippen LogP contribution is 2.33. The van der Waals surface area contributed by atoms with Crippen LogP contribution in [0.2, 0.25) is 5.02 Å². The van der Waals surface area contributed by atoms with Crippen molar-refractivity contribution in [3.05, 3.63) is 40.2 Å². The van der Waals surface area contributed by atoms with Crippen LogP contribution in [0.1, 0.15) is 25.3 Å². The Morgan fingerprint density at radius 1 is 1.42 bits per heavy atom. The number of halogens is 1. The van der Waals surface area contributed by atoms with E-state index >= 15 is 0 Å². The van der Waals surface area contributed by atoms with Crippen LogP contribution in [0.25, 0.3) is 4.85 Å². The van der Waals surface area contributed by atoms with Gasteiger partial charge in [-0.15, -0.1) is 0 Å². The summed E-state index contributed by atoms with van der Waals surface area (Å²) in [7, 11) is 0. The Morgan fingerprint density at radius 3 is 2.50 bits per heavy atom. The van der Waals surface area contributed by atoms with E-state index < -0.39 is 0 Å². The Balaban J connectivity index is 3.30. The van der Waals surface area contributed by atoms with Crippen molar-refractivity contribution in [2.24, 2.45) is 0 Å². The van der Waals surface area contributed by atoms with E-state index in [4.69, 9.17) is 18.2 Å². The molecule has 0 unspecified atom stereocenters. The molecule has 0 radical (unpaired) electrons. The molecule has 0 fully saturated rings. The molecule has 0 saturated heterocycles. The lowest BCUT2D eigenvalue weighted by Gasteiger charge is -2.07. The van der Waals surface area contributed by atoms with E-state index in [9.17, 15) is 0 Å². The summed E-state index contributed by atoms with van der Waals surface area (Å²) in [6.45, 7) is 11.1. The summed E-state index contributed by atoms with van der Waals surface area (Å²) in [6, 6.07) is 5.58. The quantitative estimate of drug-likeness (QED) is 0.574. The summed E-state index contributed by atoms with van der Waals surface area (Å²) < 4.78 is 0. The van der Waals surface area contributed by atoms with Crippen LogP contribution in [0.3, 0.4) is 0 Å². The maximum absolute atomic E-state index is 6.96. The van der Waals surface area contributed by atoms with Crippen LogP contribution in [0.4, 0.5) is 5.69 Å². The molecule has 1 rings (SSSR count). The first-order chi connectivity index (χ1) is 5.66. The normalized spacial score (nSPS) is 9.92. The number of nitrogens with zero attached hydrogens (tertiary/aromatic N) is 1. The molecule has 0 aromatic heterocycles. The van der Waals surface area contributed by atoms with Gasteiger partial charge in [0.05, 0.1) is 6.57 Å². The second-order valence-electron chi connectivity index (χ2n) is 2.94. The Hall–Kier alpha value is -1.00. The minimum Gasteiger partial charge on any atom is -0.236 e. The molecule has 0 aliphatic heterocycles. The Morgan fingerprint density at radius 2 is 2.08 bits per heavy atom. The molecule has 0 saturated carbocycles. The molecule has 12 heavy (non-hydrogen) atoms. The monoisotopic (exact) mass is 179 g/mol. The minimum atomic E-state index is 0.354. The van der Waals surface area contributed by atoms with Gasteiger partial charge in [0.1, 0.15) is 0 Å². The predicted octanol–water partition coefficient (Wildman–Crippen LogP) is 4.01. The van der Waals surface area contributed by atoms with E-state index in [0.717, 1.165) is 5.56 Å². The minimum absolute atomic E-state index is 0.354. The second-order valence-corrected chi connectivity index (χ2v) is 3.35. The zero-order valence-corrected chi connectivity index (χ0v) is 7.89. The summed E-state index contributed by atoms with van der Waals surface area (Å²) in [5, 5.41) is 0.552. The first-order valence-electron chi connectivity index (χ1n) is 3.82. The number of para-hydroxylation sites is 1. The fraction of sp³-hybridized carbons (Fsp3) is 0.300. The van der Waals surface area contributed by atoms with E-state index in [2.05, 4.69) is 18.7 Å². The van der Waals surface area contributed by atoms with Gasteiger partial charge in [0.15, 0.2) is 0 Å². The van der Waals surface area contributed by atoms with Gasteiger partial charge in [-0.05, 0) is 11.5 Å². The largest absolute Gasteiger partial charge is 0.236 e. The molecule has 0 atom stereocenters. The van der Waals surface area contributed by atoms with Crippen molar-refractivity contribution in [2.45, 2.75) is 19.8 Å². The molecular weight excluding hydrogens is 170 g/mol. The molecule has 0 aliphatic rings. The average molecular weight is 180 g/mol. The smallest absolute Gasteiger partial charge is 0.208 e. The van der Waals surface area contributed by atoms with Crippen molar-refractivity contribution in [3.63, 3.8) is 0 Å². The molecule has 0 aliphatic carbocycles. The third kappa shape index (κ3) is 1.60. The van der Waals surface area contributed by atoms with Gasteiger partial charge >= 0.3 is 0 Å². The molecule has 0 heterocycles. The SMILES string of the molecule is [C-]#[N+]c1c(Cl)cccc1C(C)C. The van der Waals surface area contributed by atoms with Crippen LogP contribution in [0, 0.1) is 6.57 Å². The fourth-order valence-electron chi connectivity index (χ4n) is 1.12. The highest BCUT2D eigenvalue weighted by atomic mass is 35.5. The summed E-state index contributed by atoms with van der Waals surface area (Å²) in [5.41, 5.74) is 1.62. The van der Waals surface area contributed by atoms with E-state index in [0.29, 0.717) is 16.6 Å². The van der Waals surface area contributed by atoms with Crippen LogP contribution >= 0.6 is 11.6 Å². The summed E-state index contributed by atoms with van der Waals surface area (Å²) >= 11 is 5.86. The van der Waals surface area contributed by atoms with E-state index in [1.54, 1.807) is 6.07 Å². The third-order valence-electron chi connectivity index (χ3n) is 1.75. The zero-order valence-electron chi connectivity index (χ0n) is 7.13. The van der Waals surface area contributed by atoms with Crippen molar-refractivity contribution < 1.29 is 0 Å². The third-order valence-corrected chi connectivity index (χ3v) is 2.06. The molecule has 0 amide bonds. The van der Waals surface area contributed by atoms with Gasteiger partial charge in [-0.2, -0.15) is 0 Å². The Kier molecular flexibility index (Phi) is 2.73. The van der Waals surface area contributed by atoms with Crippen LogP contribution < -0.4 is 0 Å². The Labute approximate surface area is 77.8 Å². The van der Waals surface area contributed by atoms with Gasteiger partial charge in [-0.25, -0.2) is 4.85 Å². The molecule has 62 valence electrons. The first kappa shape index (κ1) is 9.09. The Bertz CT molecular complexity index is 323. The predicted molar refractivity (Wildman–Crippen MR) is 51.8 cm³/mol. The lowest BCUT2D eigenvalue weighted by molar-refractivity contribution is 0.871. The van der Waals surface area contributed by atoms with E-state index in [1.165, 1.54) is 0 Å². The van der Waals surface area contributed by atoms with Gasteiger partial charge < -0.3 is 0 Å². The van der Waals surface area contributed by atoms with E-state index in [-0.39, 0.29) is 0 Å². The van der Waals surface area contributed by atoms with Crippen LogP contribution in [0.5, 0.6) is 0 Å². The number of rotatable bonds is 1. The topological polar surface area (TPSA) is 4.36 Å². The molecule has 2 heteroatoms. The fourth-order valence-corrected chi connectivity index (χ4v) is 1.34. The highest BCUT2D eigenvalue weighted by Gasteiger charge is 2.08. The number of hydrogen-bond donors (Lipinski definition) is 0. The van der Waals surface area contributed by atoms with Gasteiger partial charge in [-0.1, -0.05) is 43.6 Å². The lowest BCUT2D eigenvalue weighted by Crippen LogP contribution is -1.86. The van der Waals surface area contributed by atoms with Crippen molar-refractivity contribution in [2.75, 3.05) is 0 Å². The molecule has 0 N–H and O–H groups in total. The molecular formula is C10H10ClN. The molecule has 1 aromatic carbocycles. The average Bonchev–Trinajstić information content (AvgIpc) is 2.03. The second kappa shape index (κ2) is 3.60. The van der Waals surface area contributed by atoms with Gasteiger partial charge in [0, 0.05) is 5.02 Å². The lowest BCUT2D eigenvalue weighted by atomic mass is 10.0. The summed E-state index contributed by atoms with van der Waals surface area (Å²) in [5.74, 6) is 0.354. The van der Waals surface area contributed by atoms with Crippen molar-refractivity contribution in [1.29, 1.82) is 0 Å². The zero-order chi connectivity index (χ0) is 9.14. The van der Waals surface area contributed by atoms with Crippen LogP contribution in [0.15, 0.2) is 18.2 Å². The van der Waals surface area contributed by atoms with Gasteiger partial charge in [0.2, 0.25) is 5.69 Å². The van der Waals surface area contributed by atoms with Crippen molar-refractivity contribution >= 4 is 17.3 Å². The van der Waals surface area contributed by atoms with Gasteiger partial charge in [0.25, 0.3) is 0 Å². The number of hydrogen-bond acceptors (Lipinski definition) is 0. The standard InChI is InChI=1S/C10H10ClN/c1-7(2)8-5-4-6-9(11)10(8)12-3/h4-7H,1-2H3. The summed E-state index contributed by atoms with van der Waals surface area (Å²) in [4.78, 5) is 3.41. The van der Waals surface area contributed by atoms with Crippen LogP contribution in [-0.4, -0.2) is 0 Å². The van der Waals surface area contributed by atoms with Crippen molar-refractivity contribution in [1.82, 2.24) is 0 Å². The van der Waals surface area contributed by atoms with E-state index in [1.807, 2.05) is 12.1 Å². The summed E-state index contributed by atoms with van der Waals surface area (Å²) in [6.07, 6.45) is 0. The van der Waals surface area contributed by atoms with Crippen LogP contribution in [-0.2, 0) is 0 Å². The first-order valence-corrected chi connectivity index (χ1v) is 4.20. The maximum atomic E-state index is 6.96. The molecule has 1 aromatic rings. The molecule has 0 bridgehead atoms.